The third kappa shape index (κ3) is 4.28. The molecule has 4 nitrogen and oxygen atoms in total. The summed E-state index contributed by atoms with van der Waals surface area (Å²) >= 11 is 3.43. The normalized spacial score (nSPS) is 17.2. The van der Waals surface area contributed by atoms with E-state index in [0.717, 1.165) is 42.0 Å². The fraction of sp³-hybridized carbons (Fsp3) is 0.562. The Hall–Kier alpha value is -0.910. The predicted molar refractivity (Wildman–Crippen MR) is 88.2 cm³/mol. The van der Waals surface area contributed by atoms with E-state index in [2.05, 4.69) is 39.6 Å². The summed E-state index contributed by atoms with van der Waals surface area (Å²) in [6, 6.07) is 6.08. The standard InChI is InChI=1S/C16H23BrN2O2/c1-12(2)19-8-6-18(7-9-19)11-15(20)13-4-5-16(21-3)14(17)10-13/h4-5,10,12H,6-9,11H2,1-3H3. The lowest BCUT2D eigenvalue weighted by Gasteiger charge is -2.36. The van der Waals surface area contributed by atoms with Gasteiger partial charge in [0.1, 0.15) is 5.75 Å². The maximum Gasteiger partial charge on any atom is 0.176 e. The highest BCUT2D eigenvalue weighted by Crippen LogP contribution is 2.25. The summed E-state index contributed by atoms with van der Waals surface area (Å²) in [6.45, 7) is 8.92. The molecule has 1 aromatic carbocycles. The van der Waals surface area contributed by atoms with Gasteiger partial charge in [-0.3, -0.25) is 14.6 Å². The van der Waals surface area contributed by atoms with Crippen LogP contribution in [0.25, 0.3) is 0 Å². The van der Waals surface area contributed by atoms with Crippen LogP contribution in [0.2, 0.25) is 0 Å². The van der Waals surface area contributed by atoms with E-state index in [-0.39, 0.29) is 5.78 Å². The second-order valence-corrected chi connectivity index (χ2v) is 6.53. The van der Waals surface area contributed by atoms with Gasteiger partial charge in [0.15, 0.2) is 5.78 Å². The number of rotatable bonds is 5. The lowest BCUT2D eigenvalue weighted by Crippen LogP contribution is -2.50. The summed E-state index contributed by atoms with van der Waals surface area (Å²) in [4.78, 5) is 17.0. The van der Waals surface area contributed by atoms with Gasteiger partial charge in [0.25, 0.3) is 0 Å². The van der Waals surface area contributed by atoms with E-state index in [1.165, 1.54) is 0 Å². The van der Waals surface area contributed by atoms with Crippen molar-refractivity contribution in [2.24, 2.45) is 0 Å². The molecule has 1 fully saturated rings. The molecule has 0 atom stereocenters. The zero-order chi connectivity index (χ0) is 15.4. The van der Waals surface area contributed by atoms with Crippen molar-refractivity contribution in [1.29, 1.82) is 0 Å². The number of benzene rings is 1. The lowest BCUT2D eigenvalue weighted by atomic mass is 10.1. The molecular weight excluding hydrogens is 332 g/mol. The van der Waals surface area contributed by atoms with Crippen LogP contribution in [0.5, 0.6) is 5.75 Å². The molecule has 1 aromatic rings. The van der Waals surface area contributed by atoms with Crippen LogP contribution in [0.4, 0.5) is 0 Å². The Kier molecular flexibility index (Phi) is 5.79. The average molecular weight is 355 g/mol. The van der Waals surface area contributed by atoms with E-state index in [1.807, 2.05) is 18.2 Å². The zero-order valence-corrected chi connectivity index (χ0v) is 14.5. The minimum Gasteiger partial charge on any atom is -0.496 e. The number of methoxy groups -OCH3 is 1. The van der Waals surface area contributed by atoms with E-state index >= 15 is 0 Å². The van der Waals surface area contributed by atoms with Crippen LogP contribution >= 0.6 is 15.9 Å². The minimum atomic E-state index is 0.163. The molecule has 0 aliphatic carbocycles. The number of carbonyl (C=O) groups is 1. The Morgan fingerprint density at radius 1 is 1.29 bits per heavy atom. The largest absolute Gasteiger partial charge is 0.496 e. The number of hydrogen-bond donors (Lipinski definition) is 0. The first-order chi connectivity index (χ1) is 10.0. The van der Waals surface area contributed by atoms with Crippen LogP contribution in [-0.2, 0) is 0 Å². The lowest BCUT2D eigenvalue weighted by molar-refractivity contribution is 0.0807. The maximum atomic E-state index is 12.4. The molecule has 5 heteroatoms. The molecule has 0 spiro atoms. The van der Waals surface area contributed by atoms with Gasteiger partial charge in [0.05, 0.1) is 18.1 Å². The molecule has 1 aliphatic heterocycles. The number of halogens is 1. The van der Waals surface area contributed by atoms with Crippen LogP contribution in [0.3, 0.4) is 0 Å². The maximum absolute atomic E-state index is 12.4. The van der Waals surface area contributed by atoms with Gasteiger partial charge in [0.2, 0.25) is 0 Å². The second-order valence-electron chi connectivity index (χ2n) is 5.68. The summed E-state index contributed by atoms with van der Waals surface area (Å²) < 4.78 is 6.01. The van der Waals surface area contributed by atoms with Gasteiger partial charge in [-0.05, 0) is 48.0 Å². The smallest absolute Gasteiger partial charge is 0.176 e. The minimum absolute atomic E-state index is 0.163. The summed E-state index contributed by atoms with van der Waals surface area (Å²) in [5.74, 6) is 0.911. The third-order valence-corrected chi connectivity index (χ3v) is 4.60. The molecule has 1 aliphatic rings. The molecule has 0 radical (unpaired) electrons. The van der Waals surface area contributed by atoms with Crippen LogP contribution in [0.1, 0.15) is 24.2 Å². The highest BCUT2D eigenvalue weighted by atomic mass is 79.9. The van der Waals surface area contributed by atoms with Crippen molar-refractivity contribution < 1.29 is 9.53 Å². The van der Waals surface area contributed by atoms with E-state index < -0.39 is 0 Å². The summed E-state index contributed by atoms with van der Waals surface area (Å²) in [5.41, 5.74) is 0.731. The monoisotopic (exact) mass is 354 g/mol. The Morgan fingerprint density at radius 2 is 1.95 bits per heavy atom. The van der Waals surface area contributed by atoms with Crippen molar-refractivity contribution >= 4 is 21.7 Å². The fourth-order valence-electron chi connectivity index (χ4n) is 2.57. The first-order valence-electron chi connectivity index (χ1n) is 7.34. The molecule has 0 bridgehead atoms. The van der Waals surface area contributed by atoms with Gasteiger partial charge >= 0.3 is 0 Å². The number of hydrogen-bond acceptors (Lipinski definition) is 4. The molecule has 0 saturated carbocycles. The van der Waals surface area contributed by atoms with Gasteiger partial charge in [-0.2, -0.15) is 0 Å². The Balaban J connectivity index is 1.92. The molecule has 0 N–H and O–H groups in total. The van der Waals surface area contributed by atoms with Gasteiger partial charge in [0, 0.05) is 37.8 Å². The molecule has 1 heterocycles. The topological polar surface area (TPSA) is 32.8 Å². The third-order valence-electron chi connectivity index (χ3n) is 3.98. The number of piperazine rings is 1. The molecule has 0 amide bonds. The van der Waals surface area contributed by atoms with Gasteiger partial charge in [-0.15, -0.1) is 0 Å². The number of nitrogens with zero attached hydrogens (tertiary/aromatic N) is 2. The Morgan fingerprint density at radius 3 is 2.48 bits per heavy atom. The van der Waals surface area contributed by atoms with E-state index in [4.69, 9.17) is 4.74 Å². The predicted octanol–water partition coefficient (Wildman–Crippen LogP) is 2.67. The van der Waals surface area contributed by atoms with E-state index in [0.29, 0.717) is 12.6 Å². The molecule has 0 aromatic heterocycles. The van der Waals surface area contributed by atoms with Crippen molar-refractivity contribution in [3.8, 4) is 5.75 Å². The SMILES string of the molecule is COc1ccc(C(=O)CN2CCN(C(C)C)CC2)cc1Br. The number of Topliss-reactive ketones (excluding diaryl/α,β-unsaturated/α-hetero) is 1. The molecule has 0 unspecified atom stereocenters. The molecule has 2 rings (SSSR count). The van der Waals surface area contributed by atoms with Crippen LogP contribution in [0, 0.1) is 0 Å². The van der Waals surface area contributed by atoms with Crippen molar-refractivity contribution in [2.45, 2.75) is 19.9 Å². The summed E-state index contributed by atoms with van der Waals surface area (Å²) in [7, 11) is 1.62. The molecule has 21 heavy (non-hydrogen) atoms. The highest BCUT2D eigenvalue weighted by molar-refractivity contribution is 9.10. The molecule has 1 saturated heterocycles. The number of carbonyl (C=O) groups excluding carboxylic acids is 1. The van der Waals surface area contributed by atoms with Crippen molar-refractivity contribution in [2.75, 3.05) is 39.8 Å². The molecule has 116 valence electrons. The highest BCUT2D eigenvalue weighted by Gasteiger charge is 2.21. The first kappa shape index (κ1) is 16.5. The van der Waals surface area contributed by atoms with Crippen molar-refractivity contribution in [1.82, 2.24) is 9.80 Å². The summed E-state index contributed by atoms with van der Waals surface area (Å²) in [6.07, 6.45) is 0. The average Bonchev–Trinajstić information content (AvgIpc) is 2.47. The van der Waals surface area contributed by atoms with Gasteiger partial charge in [-0.25, -0.2) is 0 Å². The second kappa shape index (κ2) is 7.38. The zero-order valence-electron chi connectivity index (χ0n) is 12.9. The van der Waals surface area contributed by atoms with E-state index in [9.17, 15) is 4.79 Å². The fourth-order valence-corrected chi connectivity index (χ4v) is 3.11. The number of ether oxygens (including phenoxy) is 1. The van der Waals surface area contributed by atoms with Crippen molar-refractivity contribution in [3.05, 3.63) is 28.2 Å². The van der Waals surface area contributed by atoms with Crippen LogP contribution in [-0.4, -0.2) is 61.5 Å². The Bertz CT molecular complexity index is 497. The van der Waals surface area contributed by atoms with Gasteiger partial charge < -0.3 is 4.74 Å². The molecular formula is C16H23BrN2O2. The van der Waals surface area contributed by atoms with Crippen molar-refractivity contribution in [3.63, 3.8) is 0 Å². The Labute approximate surface area is 135 Å². The van der Waals surface area contributed by atoms with E-state index in [1.54, 1.807) is 7.11 Å². The first-order valence-corrected chi connectivity index (χ1v) is 8.13. The number of ketones is 1. The van der Waals surface area contributed by atoms with Gasteiger partial charge in [-0.1, -0.05) is 0 Å². The van der Waals surface area contributed by atoms with Crippen LogP contribution < -0.4 is 4.74 Å². The quantitative estimate of drug-likeness (QED) is 0.761. The van der Waals surface area contributed by atoms with Crippen LogP contribution in [0.15, 0.2) is 22.7 Å². The summed E-state index contributed by atoms with van der Waals surface area (Å²) in [5, 5.41) is 0.